The molecule has 1 atom stereocenters. The topological polar surface area (TPSA) is 32.5 Å². The molecule has 3 heteroatoms. The fraction of sp³-hybridized carbons (Fsp3) is 1.00. The van der Waals surface area contributed by atoms with Gasteiger partial charge in [-0.25, -0.2) is 0 Å². The van der Waals surface area contributed by atoms with Crippen molar-refractivity contribution >= 4 is 0 Å². The molecule has 2 aliphatic rings. The summed E-state index contributed by atoms with van der Waals surface area (Å²) in [6.45, 7) is 7.85. The van der Waals surface area contributed by atoms with Gasteiger partial charge in [0.1, 0.15) is 0 Å². The van der Waals surface area contributed by atoms with Crippen molar-refractivity contribution in [2.75, 3.05) is 26.7 Å². The SMILES string of the molecule is CN1C(CN)CN(C2CCCCC2)CC1(C)C. The van der Waals surface area contributed by atoms with Crippen LogP contribution in [0.3, 0.4) is 0 Å². The minimum atomic E-state index is 0.264. The van der Waals surface area contributed by atoms with E-state index in [4.69, 9.17) is 5.73 Å². The van der Waals surface area contributed by atoms with Crippen LogP contribution in [0.2, 0.25) is 0 Å². The molecule has 1 aliphatic carbocycles. The fourth-order valence-electron chi connectivity index (χ4n) is 3.52. The number of nitrogens with two attached hydrogens (primary N) is 1. The molecule has 1 unspecified atom stereocenters. The van der Waals surface area contributed by atoms with Crippen LogP contribution in [0.4, 0.5) is 0 Å². The van der Waals surface area contributed by atoms with Gasteiger partial charge < -0.3 is 5.73 Å². The standard InChI is InChI=1S/C14H29N3/c1-14(2)11-17(10-13(9-15)16(14)3)12-7-5-4-6-8-12/h12-13H,4-11,15H2,1-3H3. The summed E-state index contributed by atoms with van der Waals surface area (Å²) < 4.78 is 0. The van der Waals surface area contributed by atoms with Gasteiger partial charge in [-0.15, -0.1) is 0 Å². The van der Waals surface area contributed by atoms with Gasteiger partial charge in [0.05, 0.1) is 0 Å². The lowest BCUT2D eigenvalue weighted by Crippen LogP contribution is -2.65. The third kappa shape index (κ3) is 2.83. The van der Waals surface area contributed by atoms with Crippen LogP contribution in [-0.4, -0.2) is 54.1 Å². The third-order valence-electron chi connectivity index (χ3n) is 4.90. The van der Waals surface area contributed by atoms with E-state index in [9.17, 15) is 0 Å². The van der Waals surface area contributed by atoms with E-state index in [1.807, 2.05) is 0 Å². The molecular weight excluding hydrogens is 210 g/mol. The summed E-state index contributed by atoms with van der Waals surface area (Å²) in [5.74, 6) is 0. The zero-order valence-corrected chi connectivity index (χ0v) is 11.8. The van der Waals surface area contributed by atoms with Crippen molar-refractivity contribution in [3.63, 3.8) is 0 Å². The molecule has 1 saturated heterocycles. The highest BCUT2D eigenvalue weighted by molar-refractivity contribution is 4.96. The first-order valence-corrected chi connectivity index (χ1v) is 7.21. The average molecular weight is 239 g/mol. The van der Waals surface area contributed by atoms with E-state index in [2.05, 4.69) is 30.7 Å². The van der Waals surface area contributed by atoms with Gasteiger partial charge in [0.15, 0.2) is 0 Å². The van der Waals surface area contributed by atoms with Crippen LogP contribution in [-0.2, 0) is 0 Å². The lowest BCUT2D eigenvalue weighted by atomic mass is 9.89. The van der Waals surface area contributed by atoms with Crippen LogP contribution in [0.25, 0.3) is 0 Å². The average Bonchev–Trinajstić information content (AvgIpc) is 2.33. The van der Waals surface area contributed by atoms with Crippen molar-refractivity contribution in [2.45, 2.75) is 63.6 Å². The lowest BCUT2D eigenvalue weighted by Gasteiger charge is -2.52. The van der Waals surface area contributed by atoms with Gasteiger partial charge in [0.25, 0.3) is 0 Å². The second-order valence-electron chi connectivity index (χ2n) is 6.53. The van der Waals surface area contributed by atoms with E-state index in [1.54, 1.807) is 0 Å². The Kier molecular flexibility index (Phi) is 4.11. The van der Waals surface area contributed by atoms with Crippen LogP contribution in [0.15, 0.2) is 0 Å². The molecule has 0 amide bonds. The quantitative estimate of drug-likeness (QED) is 0.795. The molecular formula is C14H29N3. The first-order chi connectivity index (χ1) is 8.04. The van der Waals surface area contributed by atoms with Crippen molar-refractivity contribution in [3.8, 4) is 0 Å². The predicted molar refractivity (Wildman–Crippen MR) is 73.1 cm³/mol. The van der Waals surface area contributed by atoms with Crippen molar-refractivity contribution in [1.82, 2.24) is 9.80 Å². The summed E-state index contributed by atoms with van der Waals surface area (Å²) in [7, 11) is 2.23. The Morgan fingerprint density at radius 1 is 1.18 bits per heavy atom. The van der Waals surface area contributed by atoms with Crippen molar-refractivity contribution in [2.24, 2.45) is 5.73 Å². The maximum Gasteiger partial charge on any atom is 0.0348 e. The van der Waals surface area contributed by atoms with Gasteiger partial charge >= 0.3 is 0 Å². The highest BCUT2D eigenvalue weighted by Crippen LogP contribution is 2.29. The molecule has 1 heterocycles. The molecule has 0 aromatic heterocycles. The van der Waals surface area contributed by atoms with Crippen LogP contribution in [0, 0.1) is 0 Å². The maximum atomic E-state index is 5.94. The highest BCUT2D eigenvalue weighted by atomic mass is 15.3. The fourth-order valence-corrected chi connectivity index (χ4v) is 3.52. The second-order valence-corrected chi connectivity index (χ2v) is 6.53. The molecule has 0 aromatic carbocycles. The summed E-state index contributed by atoms with van der Waals surface area (Å²) in [5.41, 5.74) is 6.20. The largest absolute Gasteiger partial charge is 0.329 e. The predicted octanol–water partition coefficient (Wildman–Crippen LogP) is 1.67. The first-order valence-electron chi connectivity index (χ1n) is 7.21. The molecule has 1 saturated carbocycles. The van der Waals surface area contributed by atoms with E-state index < -0.39 is 0 Å². The van der Waals surface area contributed by atoms with Gasteiger partial charge in [-0.3, -0.25) is 9.80 Å². The zero-order valence-electron chi connectivity index (χ0n) is 11.8. The van der Waals surface area contributed by atoms with E-state index in [-0.39, 0.29) is 5.54 Å². The van der Waals surface area contributed by atoms with Crippen LogP contribution in [0.5, 0.6) is 0 Å². The molecule has 2 N–H and O–H groups in total. The van der Waals surface area contributed by atoms with Gasteiger partial charge in [-0.1, -0.05) is 19.3 Å². The van der Waals surface area contributed by atoms with Gasteiger partial charge in [-0.2, -0.15) is 0 Å². The molecule has 2 fully saturated rings. The number of hydrogen-bond acceptors (Lipinski definition) is 3. The number of nitrogens with zero attached hydrogens (tertiary/aromatic N) is 2. The molecule has 0 spiro atoms. The van der Waals surface area contributed by atoms with Gasteiger partial charge in [0.2, 0.25) is 0 Å². The van der Waals surface area contributed by atoms with Crippen LogP contribution >= 0.6 is 0 Å². The molecule has 0 bridgehead atoms. The number of hydrogen-bond donors (Lipinski definition) is 1. The first kappa shape index (κ1) is 13.3. The normalized spacial score (nSPS) is 32.8. The summed E-state index contributed by atoms with van der Waals surface area (Å²) >= 11 is 0. The van der Waals surface area contributed by atoms with Crippen LogP contribution in [0.1, 0.15) is 46.0 Å². The summed E-state index contributed by atoms with van der Waals surface area (Å²) in [6.07, 6.45) is 7.08. The Morgan fingerprint density at radius 3 is 2.41 bits per heavy atom. The van der Waals surface area contributed by atoms with Crippen LogP contribution < -0.4 is 5.73 Å². The van der Waals surface area contributed by atoms with Gasteiger partial charge in [0, 0.05) is 37.3 Å². The van der Waals surface area contributed by atoms with Crippen molar-refractivity contribution in [1.29, 1.82) is 0 Å². The summed E-state index contributed by atoms with van der Waals surface area (Å²) in [6, 6.07) is 1.35. The van der Waals surface area contributed by atoms with Gasteiger partial charge in [-0.05, 0) is 33.7 Å². The summed E-state index contributed by atoms with van der Waals surface area (Å²) in [4.78, 5) is 5.20. The molecule has 3 nitrogen and oxygen atoms in total. The number of piperazine rings is 1. The molecule has 17 heavy (non-hydrogen) atoms. The Balaban J connectivity index is 2.03. The Hall–Kier alpha value is -0.120. The van der Waals surface area contributed by atoms with E-state index in [0.717, 1.165) is 12.6 Å². The number of rotatable bonds is 2. The lowest BCUT2D eigenvalue weighted by molar-refractivity contribution is -0.0281. The number of likely N-dealkylation sites (N-methyl/N-ethyl adjacent to an activating group) is 1. The zero-order chi connectivity index (χ0) is 12.5. The molecule has 0 radical (unpaired) electrons. The molecule has 1 aliphatic heterocycles. The van der Waals surface area contributed by atoms with E-state index >= 15 is 0 Å². The minimum Gasteiger partial charge on any atom is -0.329 e. The Morgan fingerprint density at radius 2 is 1.82 bits per heavy atom. The maximum absolute atomic E-state index is 5.94. The summed E-state index contributed by atoms with van der Waals surface area (Å²) in [5, 5.41) is 0. The second kappa shape index (κ2) is 5.25. The highest BCUT2D eigenvalue weighted by Gasteiger charge is 2.39. The molecule has 0 aromatic rings. The van der Waals surface area contributed by atoms with E-state index in [0.29, 0.717) is 6.04 Å². The van der Waals surface area contributed by atoms with E-state index in [1.165, 1.54) is 45.2 Å². The molecule has 2 rings (SSSR count). The molecule has 100 valence electrons. The third-order valence-corrected chi connectivity index (χ3v) is 4.90. The van der Waals surface area contributed by atoms with Crippen molar-refractivity contribution in [3.05, 3.63) is 0 Å². The monoisotopic (exact) mass is 239 g/mol. The van der Waals surface area contributed by atoms with Crippen molar-refractivity contribution < 1.29 is 0 Å². The minimum absolute atomic E-state index is 0.264. The Labute approximate surface area is 106 Å². The Bertz CT molecular complexity index is 246. The smallest absolute Gasteiger partial charge is 0.0348 e.